The van der Waals surface area contributed by atoms with Crippen LogP contribution >= 0.6 is 22.9 Å². The number of hydrogen-bond donors (Lipinski definition) is 1. The first-order chi connectivity index (χ1) is 19.3. The molecule has 198 valence electrons. The average Bonchev–Trinajstić information content (AvgIpc) is 3.52. The number of aromatic nitrogens is 3. The van der Waals surface area contributed by atoms with Crippen molar-refractivity contribution in [1.82, 2.24) is 10.3 Å². The van der Waals surface area contributed by atoms with Gasteiger partial charge in [-0.05, 0) is 53.1 Å². The fourth-order valence-corrected chi connectivity index (χ4v) is 5.65. The van der Waals surface area contributed by atoms with Gasteiger partial charge in [-0.2, -0.15) is 0 Å². The molecule has 0 atom stereocenters. The van der Waals surface area contributed by atoms with Gasteiger partial charge in [0.25, 0.3) is 5.78 Å². The fraction of sp³-hybridized carbons (Fsp3) is 0.0667. The number of nitrogen functional groups attached to an aromatic ring is 1. The number of fused-ring (bicyclic) bond motifs is 1. The summed E-state index contributed by atoms with van der Waals surface area (Å²) in [5.74, 6) is -0.861. The average molecular weight is 569 g/mol. The lowest BCUT2D eigenvalue weighted by Crippen LogP contribution is -2.39. The molecule has 3 heterocycles. The molecule has 0 bridgehead atoms. The van der Waals surface area contributed by atoms with Gasteiger partial charge in [0.1, 0.15) is 15.5 Å². The van der Waals surface area contributed by atoms with Gasteiger partial charge in [0.05, 0.1) is 23.8 Å². The van der Waals surface area contributed by atoms with Gasteiger partial charge in [0.15, 0.2) is 5.95 Å². The third-order valence-electron chi connectivity index (χ3n) is 6.55. The number of aryl methyl sites for hydroxylation is 1. The zero-order chi connectivity index (χ0) is 28.0. The summed E-state index contributed by atoms with van der Waals surface area (Å²) in [6, 6.07) is 24.1. The number of benzene rings is 3. The van der Waals surface area contributed by atoms with Crippen molar-refractivity contribution in [3.05, 3.63) is 100 Å². The van der Waals surface area contributed by atoms with E-state index < -0.39 is 11.7 Å². The maximum absolute atomic E-state index is 13.9. The van der Waals surface area contributed by atoms with Crippen LogP contribution in [0.15, 0.2) is 83.4 Å². The molecule has 2 N–H and O–H groups in total. The summed E-state index contributed by atoms with van der Waals surface area (Å²) in [6.07, 6.45) is 0. The lowest BCUT2D eigenvalue weighted by molar-refractivity contribution is -0.672. The number of nitrogens with zero attached hydrogens (tertiary/aromatic N) is 3. The third-order valence-corrected chi connectivity index (χ3v) is 7.90. The second-order valence-corrected chi connectivity index (χ2v) is 10.5. The Hall–Kier alpha value is -4.73. The van der Waals surface area contributed by atoms with E-state index in [9.17, 15) is 9.90 Å². The quantitative estimate of drug-likeness (QED) is 0.201. The lowest BCUT2D eigenvalue weighted by Gasteiger charge is -2.09. The summed E-state index contributed by atoms with van der Waals surface area (Å²) >= 11 is 7.23. The third kappa shape index (κ3) is 4.45. The summed E-state index contributed by atoms with van der Waals surface area (Å²) in [7, 11) is 1.55. The highest BCUT2D eigenvalue weighted by Crippen LogP contribution is 2.42. The number of ketones is 1. The summed E-state index contributed by atoms with van der Waals surface area (Å²) in [6.45, 7) is 2.01. The van der Waals surface area contributed by atoms with Gasteiger partial charge in [-0.15, -0.1) is 11.3 Å². The van der Waals surface area contributed by atoms with Gasteiger partial charge in [-0.1, -0.05) is 53.6 Å². The predicted octanol–water partition coefficient (Wildman–Crippen LogP) is 5.75. The van der Waals surface area contributed by atoms with E-state index in [2.05, 4.69) is 5.27 Å². The molecule has 0 saturated heterocycles. The first kappa shape index (κ1) is 25.5. The highest BCUT2D eigenvalue weighted by atomic mass is 35.5. The number of methoxy groups -OCH3 is 1. The monoisotopic (exact) mass is 568 g/mol. The number of rotatable bonds is 6. The number of carbonyl (C=O) groups is 1. The van der Waals surface area contributed by atoms with Crippen molar-refractivity contribution in [2.75, 3.05) is 12.8 Å². The second kappa shape index (κ2) is 10.1. The van der Waals surface area contributed by atoms with Crippen molar-refractivity contribution in [3.63, 3.8) is 0 Å². The molecule has 6 aromatic rings. The molecule has 3 aromatic carbocycles. The van der Waals surface area contributed by atoms with Crippen LogP contribution in [-0.2, 0) is 0 Å². The van der Waals surface area contributed by atoms with Gasteiger partial charge in [-0.25, -0.2) is 4.98 Å². The van der Waals surface area contributed by atoms with Crippen LogP contribution in [0.3, 0.4) is 0 Å². The van der Waals surface area contributed by atoms with Crippen molar-refractivity contribution in [2.24, 2.45) is 0 Å². The number of carbonyl (C=O) groups excluding carboxylic acids is 1. The van der Waals surface area contributed by atoms with Crippen LogP contribution in [0.5, 0.6) is 11.7 Å². The minimum absolute atomic E-state index is 0.173. The summed E-state index contributed by atoms with van der Waals surface area (Å²) in [5, 5.41) is 17.8. The largest absolute Gasteiger partial charge is 0.539 e. The van der Waals surface area contributed by atoms with Crippen LogP contribution in [0, 0.1) is 6.92 Å². The molecule has 6 rings (SSSR count). The molecule has 0 aliphatic carbocycles. The molecule has 0 aliphatic heterocycles. The zero-order valence-corrected chi connectivity index (χ0v) is 22.9. The summed E-state index contributed by atoms with van der Waals surface area (Å²) in [5.41, 5.74) is 11.5. The van der Waals surface area contributed by atoms with Crippen LogP contribution in [-0.4, -0.2) is 23.1 Å². The minimum atomic E-state index is -0.869. The fourth-order valence-electron chi connectivity index (χ4n) is 4.46. The Morgan fingerprint density at radius 3 is 2.38 bits per heavy atom. The van der Waals surface area contributed by atoms with E-state index in [4.69, 9.17) is 31.6 Å². The standard InChI is InChI=1S/C30H21ClN4O4S/c1-16-3-5-17(6-4-16)22-15-23(18-7-9-19(31)10-8-18)33-29-24(22)25(32)28(40-29)27(36)26-30(37)39-34-35(26)20-11-13-21(38-2)14-12-20/h3-15H,1-2H3,(H2-,32,34,36,37). The van der Waals surface area contributed by atoms with E-state index in [1.165, 1.54) is 4.68 Å². The number of anilines is 1. The Morgan fingerprint density at radius 1 is 1.02 bits per heavy atom. The van der Waals surface area contributed by atoms with Gasteiger partial charge in [-0.3, -0.25) is 4.79 Å². The molecule has 0 saturated carbocycles. The SMILES string of the molecule is COc1ccc(-[n+]2noc([O-])c2C(=O)c2sc3nc(-c4ccc(Cl)cc4)cc(-c4ccc(C)cc4)c3c2N)cc1. The molecule has 0 fully saturated rings. The van der Waals surface area contributed by atoms with Crippen molar-refractivity contribution < 1.29 is 23.8 Å². The van der Waals surface area contributed by atoms with Gasteiger partial charge in [0.2, 0.25) is 5.69 Å². The molecule has 0 spiro atoms. The molecule has 0 amide bonds. The number of pyridine rings is 1. The molecule has 0 aliphatic rings. The first-order valence-electron chi connectivity index (χ1n) is 12.2. The van der Waals surface area contributed by atoms with Crippen LogP contribution in [0.1, 0.15) is 20.9 Å². The number of ether oxygens (including phenoxy) is 1. The molecule has 0 unspecified atom stereocenters. The van der Waals surface area contributed by atoms with Gasteiger partial charge in [0, 0.05) is 28.1 Å². The van der Waals surface area contributed by atoms with Crippen LogP contribution in [0.25, 0.3) is 38.3 Å². The van der Waals surface area contributed by atoms with Crippen molar-refractivity contribution in [3.8, 4) is 39.8 Å². The van der Waals surface area contributed by atoms with E-state index in [1.807, 2.05) is 49.4 Å². The van der Waals surface area contributed by atoms with Gasteiger partial charge >= 0.3 is 5.69 Å². The maximum Gasteiger partial charge on any atom is 0.312 e. The van der Waals surface area contributed by atoms with Crippen LogP contribution in [0.2, 0.25) is 5.02 Å². The predicted molar refractivity (Wildman–Crippen MR) is 152 cm³/mol. The Bertz CT molecular complexity index is 1880. The maximum atomic E-state index is 13.9. The number of halogens is 1. The normalized spacial score (nSPS) is 11.2. The van der Waals surface area contributed by atoms with E-state index in [1.54, 1.807) is 43.5 Å². The summed E-state index contributed by atoms with van der Waals surface area (Å²) in [4.78, 5) is 19.4. The minimum Gasteiger partial charge on any atom is -0.539 e. The molecular formula is C30H21ClN4O4S. The Labute approximate surface area is 237 Å². The Morgan fingerprint density at radius 2 is 1.70 bits per heavy atom. The number of thiophene rings is 1. The van der Waals surface area contributed by atoms with E-state index >= 15 is 0 Å². The van der Waals surface area contributed by atoms with Crippen LogP contribution in [0.4, 0.5) is 5.69 Å². The molecule has 8 nitrogen and oxygen atoms in total. The Balaban J connectivity index is 1.53. The highest BCUT2D eigenvalue weighted by Gasteiger charge is 2.33. The molecular weight excluding hydrogens is 548 g/mol. The smallest absolute Gasteiger partial charge is 0.312 e. The van der Waals surface area contributed by atoms with Gasteiger partial charge < -0.3 is 20.1 Å². The summed E-state index contributed by atoms with van der Waals surface area (Å²) < 4.78 is 11.3. The van der Waals surface area contributed by atoms with Crippen molar-refractivity contribution >= 4 is 44.6 Å². The highest BCUT2D eigenvalue weighted by molar-refractivity contribution is 7.21. The number of hydrogen-bond acceptors (Lipinski definition) is 8. The number of nitrogens with two attached hydrogens (primary N) is 1. The van der Waals surface area contributed by atoms with Crippen LogP contribution < -0.4 is 20.3 Å². The molecule has 3 aromatic heterocycles. The van der Waals surface area contributed by atoms with Crippen molar-refractivity contribution in [1.29, 1.82) is 0 Å². The Kier molecular flexibility index (Phi) is 6.45. The van der Waals surface area contributed by atoms with E-state index in [-0.39, 0.29) is 16.3 Å². The lowest BCUT2D eigenvalue weighted by atomic mass is 9.98. The second-order valence-electron chi connectivity index (χ2n) is 9.10. The molecule has 10 heteroatoms. The van der Waals surface area contributed by atoms with E-state index in [0.29, 0.717) is 32.4 Å². The van der Waals surface area contributed by atoms with Crippen molar-refractivity contribution in [2.45, 2.75) is 6.92 Å². The first-order valence-corrected chi connectivity index (χ1v) is 13.4. The zero-order valence-electron chi connectivity index (χ0n) is 21.3. The van der Waals surface area contributed by atoms with E-state index in [0.717, 1.165) is 33.6 Å². The molecule has 0 radical (unpaired) electrons. The topological polar surface area (TPSA) is 118 Å². The molecule has 40 heavy (non-hydrogen) atoms.